The lowest BCUT2D eigenvalue weighted by molar-refractivity contribution is -0.141. The van der Waals surface area contributed by atoms with Crippen molar-refractivity contribution in [2.75, 3.05) is 0 Å². The first-order valence-electron chi connectivity index (χ1n) is 5.91. The first-order valence-corrected chi connectivity index (χ1v) is 5.91. The molecule has 2 rings (SSSR count). The summed E-state index contributed by atoms with van der Waals surface area (Å²) in [5.41, 5.74) is 0.638. The Morgan fingerprint density at radius 2 is 2.11 bits per heavy atom. The average Bonchev–Trinajstić information content (AvgIpc) is 2.36. The maximum absolute atomic E-state index is 13.2. The third-order valence-electron chi connectivity index (χ3n) is 3.21. The lowest BCUT2D eigenvalue weighted by atomic mass is 10.0. The molecule has 19 heavy (non-hydrogen) atoms. The van der Waals surface area contributed by atoms with Gasteiger partial charge in [-0.15, -0.1) is 0 Å². The molecule has 1 atom stereocenters. The second-order valence-electron chi connectivity index (χ2n) is 4.68. The largest absolute Gasteiger partial charge is 0.481 e. The molecule has 5 heteroatoms. The van der Waals surface area contributed by atoms with Crippen molar-refractivity contribution in [3.05, 3.63) is 46.0 Å². The SMILES string of the molecule is CC(Cc1cc2ccc(F)cc2n(C)c1=O)C(=O)O. The number of benzene rings is 1. The molecule has 2 aromatic rings. The van der Waals surface area contributed by atoms with E-state index in [0.29, 0.717) is 11.1 Å². The van der Waals surface area contributed by atoms with Crippen LogP contribution in [0.3, 0.4) is 0 Å². The van der Waals surface area contributed by atoms with Crippen molar-refractivity contribution >= 4 is 16.9 Å². The van der Waals surface area contributed by atoms with Crippen LogP contribution in [-0.4, -0.2) is 15.6 Å². The fraction of sp³-hybridized carbons (Fsp3) is 0.286. The first-order chi connectivity index (χ1) is 8.90. The van der Waals surface area contributed by atoms with Crippen molar-refractivity contribution in [2.24, 2.45) is 13.0 Å². The molecular weight excluding hydrogens is 249 g/mol. The Bertz CT molecular complexity index is 706. The lowest BCUT2D eigenvalue weighted by Crippen LogP contribution is -2.24. The van der Waals surface area contributed by atoms with Crippen molar-refractivity contribution in [1.29, 1.82) is 0 Å². The van der Waals surface area contributed by atoms with E-state index in [1.165, 1.54) is 16.7 Å². The highest BCUT2D eigenvalue weighted by Gasteiger charge is 2.15. The van der Waals surface area contributed by atoms with E-state index >= 15 is 0 Å². The fourth-order valence-electron chi connectivity index (χ4n) is 2.07. The van der Waals surface area contributed by atoms with Gasteiger partial charge in [0.1, 0.15) is 5.82 Å². The Hall–Kier alpha value is -2.17. The summed E-state index contributed by atoms with van der Waals surface area (Å²) >= 11 is 0. The third kappa shape index (κ3) is 2.50. The lowest BCUT2D eigenvalue weighted by Gasteiger charge is -2.10. The topological polar surface area (TPSA) is 59.3 Å². The van der Waals surface area contributed by atoms with E-state index in [9.17, 15) is 14.0 Å². The molecule has 0 radical (unpaired) electrons. The van der Waals surface area contributed by atoms with E-state index in [1.807, 2.05) is 0 Å². The Labute approximate surface area is 109 Å². The number of nitrogens with zero attached hydrogens (tertiary/aromatic N) is 1. The maximum Gasteiger partial charge on any atom is 0.306 e. The summed E-state index contributed by atoms with van der Waals surface area (Å²) in [6, 6.07) is 5.83. The molecule has 0 fully saturated rings. The number of carboxylic acids is 1. The van der Waals surface area contributed by atoms with E-state index in [-0.39, 0.29) is 12.0 Å². The van der Waals surface area contributed by atoms with Crippen molar-refractivity contribution < 1.29 is 14.3 Å². The van der Waals surface area contributed by atoms with Gasteiger partial charge in [-0.2, -0.15) is 0 Å². The zero-order valence-electron chi connectivity index (χ0n) is 10.7. The molecular formula is C14H14FNO3. The molecule has 0 amide bonds. The van der Waals surface area contributed by atoms with E-state index in [2.05, 4.69) is 0 Å². The molecule has 1 unspecified atom stereocenters. The van der Waals surface area contributed by atoms with Crippen LogP contribution in [0, 0.1) is 11.7 Å². The smallest absolute Gasteiger partial charge is 0.306 e. The summed E-state index contributed by atoms with van der Waals surface area (Å²) in [4.78, 5) is 22.9. The van der Waals surface area contributed by atoms with Gasteiger partial charge >= 0.3 is 5.97 Å². The number of carboxylic acid groups (broad SMARTS) is 1. The molecule has 1 heterocycles. The van der Waals surface area contributed by atoms with Gasteiger partial charge in [0, 0.05) is 12.6 Å². The highest BCUT2D eigenvalue weighted by atomic mass is 19.1. The standard InChI is InChI=1S/C14H14FNO3/c1-8(14(18)19)5-10-6-9-3-4-11(15)7-12(9)16(2)13(10)17/h3-4,6-8H,5H2,1-2H3,(H,18,19). The van der Waals surface area contributed by atoms with Crippen LogP contribution in [0.2, 0.25) is 0 Å². The van der Waals surface area contributed by atoms with Crippen molar-refractivity contribution in [3.8, 4) is 0 Å². The van der Waals surface area contributed by atoms with Gasteiger partial charge in [0.2, 0.25) is 0 Å². The highest BCUT2D eigenvalue weighted by Crippen LogP contribution is 2.16. The molecule has 1 aromatic heterocycles. The minimum atomic E-state index is -0.943. The number of aliphatic carboxylic acids is 1. The number of fused-ring (bicyclic) bond motifs is 1. The van der Waals surface area contributed by atoms with Crippen LogP contribution in [-0.2, 0) is 18.3 Å². The number of hydrogen-bond acceptors (Lipinski definition) is 2. The van der Waals surface area contributed by atoms with Crippen LogP contribution in [0.1, 0.15) is 12.5 Å². The molecule has 0 aliphatic rings. The van der Waals surface area contributed by atoms with E-state index in [0.717, 1.165) is 5.39 Å². The average molecular weight is 263 g/mol. The summed E-state index contributed by atoms with van der Waals surface area (Å²) < 4.78 is 14.5. The predicted molar refractivity (Wildman–Crippen MR) is 69.7 cm³/mol. The highest BCUT2D eigenvalue weighted by molar-refractivity contribution is 5.80. The summed E-state index contributed by atoms with van der Waals surface area (Å²) in [5.74, 6) is -1.99. The van der Waals surface area contributed by atoms with Gasteiger partial charge in [0.25, 0.3) is 5.56 Å². The number of halogens is 1. The van der Waals surface area contributed by atoms with Gasteiger partial charge in [0.15, 0.2) is 0 Å². The first kappa shape index (κ1) is 13.3. The molecule has 0 saturated heterocycles. The monoisotopic (exact) mass is 263 g/mol. The van der Waals surface area contributed by atoms with E-state index in [4.69, 9.17) is 5.11 Å². The van der Waals surface area contributed by atoms with Crippen LogP contribution in [0.25, 0.3) is 10.9 Å². The van der Waals surface area contributed by atoms with E-state index < -0.39 is 17.7 Å². The number of carbonyl (C=O) groups is 1. The van der Waals surface area contributed by atoms with Gasteiger partial charge in [0.05, 0.1) is 11.4 Å². The van der Waals surface area contributed by atoms with Gasteiger partial charge in [-0.05, 0) is 36.1 Å². The van der Waals surface area contributed by atoms with Crippen molar-refractivity contribution in [1.82, 2.24) is 4.57 Å². The summed E-state index contributed by atoms with van der Waals surface area (Å²) in [5, 5.41) is 9.61. The van der Waals surface area contributed by atoms with Crippen molar-refractivity contribution in [2.45, 2.75) is 13.3 Å². The molecule has 0 spiro atoms. The molecule has 1 N–H and O–H groups in total. The minimum absolute atomic E-state index is 0.162. The number of aromatic nitrogens is 1. The fourth-order valence-corrected chi connectivity index (χ4v) is 2.07. The molecule has 0 saturated carbocycles. The molecule has 0 bridgehead atoms. The Kier molecular flexibility index (Phi) is 3.38. The Morgan fingerprint density at radius 3 is 2.74 bits per heavy atom. The molecule has 100 valence electrons. The predicted octanol–water partition coefficient (Wildman–Crippen LogP) is 1.94. The quantitative estimate of drug-likeness (QED) is 0.920. The number of pyridine rings is 1. The second kappa shape index (κ2) is 4.84. The van der Waals surface area contributed by atoms with Crippen LogP contribution >= 0.6 is 0 Å². The number of rotatable bonds is 3. The molecule has 0 aliphatic carbocycles. The molecule has 1 aromatic carbocycles. The van der Waals surface area contributed by atoms with Crippen LogP contribution in [0.15, 0.2) is 29.1 Å². The maximum atomic E-state index is 13.2. The second-order valence-corrected chi connectivity index (χ2v) is 4.68. The van der Waals surface area contributed by atoms with Crippen LogP contribution in [0.5, 0.6) is 0 Å². The Morgan fingerprint density at radius 1 is 1.42 bits per heavy atom. The zero-order chi connectivity index (χ0) is 14.2. The number of aryl methyl sites for hydroxylation is 1. The minimum Gasteiger partial charge on any atom is -0.481 e. The van der Waals surface area contributed by atoms with Gasteiger partial charge < -0.3 is 9.67 Å². The molecule has 4 nitrogen and oxygen atoms in total. The zero-order valence-corrected chi connectivity index (χ0v) is 10.7. The van der Waals surface area contributed by atoms with Gasteiger partial charge in [-0.25, -0.2) is 4.39 Å². The van der Waals surface area contributed by atoms with Gasteiger partial charge in [-0.3, -0.25) is 9.59 Å². The molecule has 0 aliphatic heterocycles. The number of hydrogen-bond donors (Lipinski definition) is 1. The van der Waals surface area contributed by atoms with Crippen LogP contribution in [0.4, 0.5) is 4.39 Å². The summed E-state index contributed by atoms with van der Waals surface area (Å²) in [7, 11) is 1.55. The van der Waals surface area contributed by atoms with Crippen molar-refractivity contribution in [3.63, 3.8) is 0 Å². The Balaban J connectivity index is 2.58. The normalized spacial score (nSPS) is 12.6. The van der Waals surface area contributed by atoms with Crippen LogP contribution < -0.4 is 5.56 Å². The van der Waals surface area contributed by atoms with Gasteiger partial charge in [-0.1, -0.05) is 6.92 Å². The third-order valence-corrected chi connectivity index (χ3v) is 3.21. The summed E-state index contributed by atoms with van der Waals surface area (Å²) in [6.45, 7) is 1.55. The summed E-state index contributed by atoms with van der Waals surface area (Å²) in [6.07, 6.45) is 0.162. The van der Waals surface area contributed by atoms with E-state index in [1.54, 1.807) is 26.1 Å².